The monoisotopic (exact) mass is 399 g/mol. The summed E-state index contributed by atoms with van der Waals surface area (Å²) in [4.78, 5) is 27.9. The van der Waals surface area contributed by atoms with E-state index in [1.54, 1.807) is 35.9 Å². The van der Waals surface area contributed by atoms with Gasteiger partial charge in [-0.15, -0.1) is 0 Å². The van der Waals surface area contributed by atoms with Gasteiger partial charge in [-0.3, -0.25) is 9.59 Å². The van der Waals surface area contributed by atoms with Crippen LogP contribution in [-0.2, 0) is 17.8 Å². The molecule has 1 fully saturated rings. The lowest BCUT2D eigenvalue weighted by atomic mass is 9.84. The Labute approximate surface area is 169 Å². The first-order chi connectivity index (χ1) is 14.1. The Morgan fingerprint density at radius 2 is 2.10 bits per heavy atom. The molecule has 4 rings (SSSR count). The van der Waals surface area contributed by atoms with E-state index in [-0.39, 0.29) is 35.9 Å². The number of pyridine rings is 1. The van der Waals surface area contributed by atoms with Gasteiger partial charge in [0.25, 0.3) is 11.5 Å². The van der Waals surface area contributed by atoms with Crippen molar-refractivity contribution in [1.29, 1.82) is 0 Å². The third kappa shape index (κ3) is 3.97. The molecule has 1 saturated heterocycles. The number of halogens is 1. The van der Waals surface area contributed by atoms with Crippen molar-refractivity contribution in [1.82, 2.24) is 14.8 Å². The van der Waals surface area contributed by atoms with Crippen LogP contribution in [0.1, 0.15) is 34.0 Å². The minimum Gasteiger partial charge on any atom is -0.383 e. The largest absolute Gasteiger partial charge is 0.383 e. The molecule has 2 aromatic rings. The first-order valence-electron chi connectivity index (χ1n) is 10.0. The Kier molecular flexibility index (Phi) is 5.78. The molecule has 7 heteroatoms. The SMILES string of the molecule is COCCN(Cc1ccccc1F)C(=O)c1ccc2n(c1=O)C[C@@H]1CNC[C@H]2C1. The number of hydrogen-bond acceptors (Lipinski definition) is 4. The van der Waals surface area contributed by atoms with Gasteiger partial charge in [0.2, 0.25) is 0 Å². The summed E-state index contributed by atoms with van der Waals surface area (Å²) in [6, 6.07) is 9.90. The molecular formula is C22H26FN3O3. The number of ether oxygens (including phenoxy) is 1. The van der Waals surface area contributed by atoms with Crippen molar-refractivity contribution in [3.05, 3.63) is 69.4 Å². The zero-order chi connectivity index (χ0) is 20.4. The van der Waals surface area contributed by atoms with Crippen LogP contribution in [0.15, 0.2) is 41.2 Å². The summed E-state index contributed by atoms with van der Waals surface area (Å²) in [5.41, 5.74) is 1.29. The maximum atomic E-state index is 14.1. The van der Waals surface area contributed by atoms with E-state index in [9.17, 15) is 14.0 Å². The number of hydrogen-bond donors (Lipinski definition) is 1. The molecule has 0 spiro atoms. The summed E-state index contributed by atoms with van der Waals surface area (Å²) in [5, 5.41) is 3.42. The second kappa shape index (κ2) is 8.47. The van der Waals surface area contributed by atoms with Gasteiger partial charge in [0.15, 0.2) is 0 Å². The molecule has 0 radical (unpaired) electrons. The summed E-state index contributed by atoms with van der Waals surface area (Å²) < 4.78 is 21.0. The number of carbonyl (C=O) groups excluding carboxylic acids is 1. The number of rotatable bonds is 6. The fraction of sp³-hybridized carbons (Fsp3) is 0.455. The Balaban J connectivity index is 1.65. The highest BCUT2D eigenvalue weighted by atomic mass is 19.1. The molecule has 6 nitrogen and oxygen atoms in total. The zero-order valence-corrected chi connectivity index (χ0v) is 16.6. The second-order valence-electron chi connectivity index (χ2n) is 7.86. The van der Waals surface area contributed by atoms with Gasteiger partial charge in [-0.2, -0.15) is 0 Å². The van der Waals surface area contributed by atoms with Crippen molar-refractivity contribution in [2.75, 3.05) is 33.4 Å². The number of nitrogens with one attached hydrogen (secondary N) is 1. The first-order valence-corrected chi connectivity index (χ1v) is 10.0. The van der Waals surface area contributed by atoms with E-state index >= 15 is 0 Å². The van der Waals surface area contributed by atoms with Crippen molar-refractivity contribution in [2.24, 2.45) is 5.92 Å². The fourth-order valence-electron chi connectivity index (χ4n) is 4.41. The molecule has 0 saturated carbocycles. The fourth-order valence-corrected chi connectivity index (χ4v) is 4.41. The standard InChI is InChI=1S/C22H26FN3O3/c1-29-9-8-25(14-16-4-2-3-5-19(16)23)21(27)18-6-7-20-17-10-15(11-24-12-17)13-26(20)22(18)28/h2-7,15,17,24H,8-14H2,1H3/t15-,17+/m0/s1. The van der Waals surface area contributed by atoms with Gasteiger partial charge in [0.05, 0.1) is 6.61 Å². The second-order valence-corrected chi connectivity index (χ2v) is 7.86. The van der Waals surface area contributed by atoms with Gasteiger partial charge in [-0.1, -0.05) is 18.2 Å². The van der Waals surface area contributed by atoms with Crippen molar-refractivity contribution in [2.45, 2.75) is 25.4 Å². The van der Waals surface area contributed by atoms with Crippen LogP contribution in [0.25, 0.3) is 0 Å². The molecule has 1 aromatic heterocycles. The summed E-state index contributed by atoms with van der Waals surface area (Å²) in [6.07, 6.45) is 1.08. The average molecular weight is 399 g/mol. The van der Waals surface area contributed by atoms with Gasteiger partial charge in [-0.25, -0.2) is 4.39 Å². The highest BCUT2D eigenvalue weighted by Crippen LogP contribution is 2.31. The minimum atomic E-state index is -0.389. The molecule has 0 unspecified atom stereocenters. The lowest BCUT2D eigenvalue weighted by molar-refractivity contribution is 0.0675. The van der Waals surface area contributed by atoms with Crippen LogP contribution in [-0.4, -0.2) is 48.7 Å². The highest BCUT2D eigenvalue weighted by molar-refractivity contribution is 5.93. The van der Waals surface area contributed by atoms with Crippen LogP contribution in [0.4, 0.5) is 4.39 Å². The smallest absolute Gasteiger partial charge is 0.263 e. The molecular weight excluding hydrogens is 373 g/mol. The Morgan fingerprint density at radius 3 is 2.90 bits per heavy atom. The lowest BCUT2D eigenvalue weighted by Crippen LogP contribution is -2.46. The maximum absolute atomic E-state index is 14.1. The van der Waals surface area contributed by atoms with Crippen LogP contribution in [0.2, 0.25) is 0 Å². The molecule has 2 aliphatic heterocycles. The number of nitrogens with zero attached hydrogens (tertiary/aromatic N) is 2. The number of piperidine rings is 1. The van der Waals surface area contributed by atoms with Crippen molar-refractivity contribution >= 4 is 5.91 Å². The van der Waals surface area contributed by atoms with Crippen LogP contribution >= 0.6 is 0 Å². The number of methoxy groups -OCH3 is 1. The predicted octanol–water partition coefficient (Wildman–Crippen LogP) is 1.98. The molecule has 1 N–H and O–H groups in total. The summed E-state index contributed by atoms with van der Waals surface area (Å²) in [7, 11) is 1.55. The number of carbonyl (C=O) groups is 1. The van der Waals surface area contributed by atoms with Crippen LogP contribution in [0.3, 0.4) is 0 Å². The van der Waals surface area contributed by atoms with E-state index < -0.39 is 0 Å². The normalized spacial score (nSPS) is 20.2. The minimum absolute atomic E-state index is 0.0885. The van der Waals surface area contributed by atoms with Crippen molar-refractivity contribution < 1.29 is 13.9 Å². The van der Waals surface area contributed by atoms with E-state index in [1.807, 2.05) is 6.07 Å². The quantitative estimate of drug-likeness (QED) is 0.807. The molecule has 2 aliphatic rings. The van der Waals surface area contributed by atoms with Crippen LogP contribution < -0.4 is 10.9 Å². The molecule has 29 heavy (non-hydrogen) atoms. The van der Waals surface area contributed by atoms with E-state index in [4.69, 9.17) is 4.74 Å². The number of benzene rings is 1. The van der Waals surface area contributed by atoms with Crippen LogP contribution in [0, 0.1) is 11.7 Å². The van der Waals surface area contributed by atoms with E-state index in [0.29, 0.717) is 30.6 Å². The van der Waals surface area contributed by atoms with E-state index in [1.165, 1.54) is 11.0 Å². The number of fused-ring (bicyclic) bond motifs is 4. The van der Waals surface area contributed by atoms with Gasteiger partial charge >= 0.3 is 0 Å². The number of aromatic nitrogens is 1. The predicted molar refractivity (Wildman–Crippen MR) is 107 cm³/mol. The van der Waals surface area contributed by atoms with Crippen molar-refractivity contribution in [3.63, 3.8) is 0 Å². The Morgan fingerprint density at radius 1 is 1.28 bits per heavy atom. The van der Waals surface area contributed by atoms with Gasteiger partial charge in [0.1, 0.15) is 11.4 Å². The molecule has 3 heterocycles. The summed E-state index contributed by atoms with van der Waals surface area (Å²) >= 11 is 0. The van der Waals surface area contributed by atoms with Gasteiger partial charge in [0, 0.05) is 50.5 Å². The van der Waals surface area contributed by atoms with Gasteiger partial charge < -0.3 is 19.5 Å². The Bertz CT molecular complexity index is 959. The van der Waals surface area contributed by atoms with E-state index in [2.05, 4.69) is 5.32 Å². The molecule has 1 aromatic carbocycles. The average Bonchev–Trinajstić information content (AvgIpc) is 2.73. The number of amides is 1. The molecule has 154 valence electrons. The maximum Gasteiger partial charge on any atom is 0.263 e. The molecule has 0 aliphatic carbocycles. The molecule has 2 bridgehead atoms. The van der Waals surface area contributed by atoms with Crippen LogP contribution in [0.5, 0.6) is 0 Å². The van der Waals surface area contributed by atoms with E-state index in [0.717, 1.165) is 25.2 Å². The highest BCUT2D eigenvalue weighted by Gasteiger charge is 2.32. The summed E-state index contributed by atoms with van der Waals surface area (Å²) in [6.45, 7) is 3.06. The lowest BCUT2D eigenvalue weighted by Gasteiger charge is -2.37. The van der Waals surface area contributed by atoms with Crippen molar-refractivity contribution in [3.8, 4) is 0 Å². The molecule has 1 amide bonds. The van der Waals surface area contributed by atoms with Gasteiger partial charge in [-0.05, 0) is 37.1 Å². The molecule has 2 atom stereocenters. The third-order valence-corrected chi connectivity index (χ3v) is 5.91. The zero-order valence-electron chi connectivity index (χ0n) is 16.6. The first kappa shape index (κ1) is 19.8. The summed E-state index contributed by atoms with van der Waals surface area (Å²) in [5.74, 6) is -0.0423. The topological polar surface area (TPSA) is 63.6 Å². The third-order valence-electron chi connectivity index (χ3n) is 5.91. The Hall–Kier alpha value is -2.51.